The van der Waals surface area contributed by atoms with Crippen molar-refractivity contribution < 1.29 is 4.79 Å². The third kappa shape index (κ3) is 3.11. The lowest BCUT2D eigenvalue weighted by atomic mass is 9.80. The van der Waals surface area contributed by atoms with Gasteiger partial charge < -0.3 is 5.32 Å². The van der Waals surface area contributed by atoms with E-state index in [-0.39, 0.29) is 17.2 Å². The molecule has 1 unspecified atom stereocenters. The lowest BCUT2D eigenvalue weighted by molar-refractivity contribution is -0.129. The molecule has 106 valence electrons. The fourth-order valence-corrected chi connectivity index (χ4v) is 3.73. The van der Waals surface area contributed by atoms with Crippen LogP contribution in [-0.2, 0) is 4.79 Å². The van der Waals surface area contributed by atoms with Gasteiger partial charge in [0.1, 0.15) is 5.54 Å². The van der Waals surface area contributed by atoms with Crippen LogP contribution in [0.1, 0.15) is 71.6 Å². The summed E-state index contributed by atoms with van der Waals surface area (Å²) in [4.78, 5) is 12.5. The second kappa shape index (κ2) is 5.53. The van der Waals surface area contributed by atoms with Gasteiger partial charge in [-0.2, -0.15) is 5.26 Å². The third-order valence-corrected chi connectivity index (χ3v) is 5.11. The summed E-state index contributed by atoms with van der Waals surface area (Å²) in [7, 11) is 0. The van der Waals surface area contributed by atoms with Gasteiger partial charge in [-0.25, -0.2) is 0 Å². The predicted molar refractivity (Wildman–Crippen MR) is 75.3 cm³/mol. The van der Waals surface area contributed by atoms with Gasteiger partial charge in [-0.1, -0.05) is 46.0 Å². The molecule has 3 heteroatoms. The fraction of sp³-hybridized carbons (Fsp3) is 0.875. The Morgan fingerprint density at radius 2 is 1.74 bits per heavy atom. The van der Waals surface area contributed by atoms with Crippen molar-refractivity contribution >= 4 is 5.91 Å². The Bertz CT molecular complexity index is 373. The van der Waals surface area contributed by atoms with Crippen LogP contribution < -0.4 is 5.32 Å². The molecule has 0 aromatic carbocycles. The van der Waals surface area contributed by atoms with Crippen molar-refractivity contribution in [2.75, 3.05) is 0 Å². The lowest BCUT2D eigenvalue weighted by Crippen LogP contribution is -2.50. The summed E-state index contributed by atoms with van der Waals surface area (Å²) in [5.74, 6) is 0.201. The smallest absolute Gasteiger partial charge is 0.224 e. The minimum absolute atomic E-state index is 0.0842. The van der Waals surface area contributed by atoms with E-state index in [9.17, 15) is 10.1 Å². The number of nitrogens with zero attached hydrogens (tertiary/aromatic N) is 1. The fourth-order valence-electron chi connectivity index (χ4n) is 3.73. The Hall–Kier alpha value is -1.04. The highest BCUT2D eigenvalue weighted by Crippen LogP contribution is 2.43. The Labute approximate surface area is 116 Å². The van der Waals surface area contributed by atoms with E-state index in [1.165, 1.54) is 12.8 Å². The molecule has 2 saturated carbocycles. The first-order chi connectivity index (χ1) is 8.99. The molecule has 2 rings (SSSR count). The van der Waals surface area contributed by atoms with Crippen molar-refractivity contribution in [3.8, 4) is 6.07 Å². The summed E-state index contributed by atoms with van der Waals surface area (Å²) in [6.07, 6.45) is 9.35. The molecule has 1 amide bonds. The largest absolute Gasteiger partial charge is 0.338 e. The van der Waals surface area contributed by atoms with Gasteiger partial charge in [0.25, 0.3) is 0 Å². The zero-order valence-electron chi connectivity index (χ0n) is 12.3. The van der Waals surface area contributed by atoms with Crippen LogP contribution in [0.4, 0.5) is 0 Å². The maximum absolute atomic E-state index is 12.5. The van der Waals surface area contributed by atoms with Crippen molar-refractivity contribution in [3.05, 3.63) is 0 Å². The minimum Gasteiger partial charge on any atom is -0.338 e. The number of carbonyl (C=O) groups excluding carboxylic acids is 1. The first-order valence-electron chi connectivity index (χ1n) is 7.72. The predicted octanol–water partition coefficient (Wildman–Crippen LogP) is 3.55. The molecule has 0 aliphatic heterocycles. The van der Waals surface area contributed by atoms with Crippen LogP contribution >= 0.6 is 0 Å². The number of amides is 1. The van der Waals surface area contributed by atoms with Gasteiger partial charge in [0, 0.05) is 5.92 Å². The highest BCUT2D eigenvalue weighted by molar-refractivity contribution is 5.81. The molecule has 19 heavy (non-hydrogen) atoms. The average Bonchev–Trinajstić information content (AvgIpc) is 2.60. The monoisotopic (exact) mass is 262 g/mol. The Morgan fingerprint density at radius 1 is 1.11 bits per heavy atom. The summed E-state index contributed by atoms with van der Waals surface area (Å²) in [5.41, 5.74) is -0.502. The molecule has 2 fully saturated rings. The number of carbonyl (C=O) groups is 1. The van der Waals surface area contributed by atoms with Crippen LogP contribution in [-0.4, -0.2) is 11.4 Å². The normalized spacial score (nSPS) is 29.2. The Balaban J connectivity index is 2.06. The van der Waals surface area contributed by atoms with E-state index < -0.39 is 5.54 Å². The maximum atomic E-state index is 12.5. The van der Waals surface area contributed by atoms with Gasteiger partial charge in [-0.15, -0.1) is 0 Å². The quantitative estimate of drug-likeness (QED) is 0.774. The standard InChI is InChI=1S/C16H26N2O/c1-15(2)9-7-8-13(15)14(19)18-16(12-17)10-5-3-4-6-11-16/h13H,3-11H2,1-2H3,(H,18,19). The number of rotatable bonds is 2. The van der Waals surface area contributed by atoms with Crippen molar-refractivity contribution in [1.29, 1.82) is 5.26 Å². The lowest BCUT2D eigenvalue weighted by Gasteiger charge is -2.32. The molecule has 1 atom stereocenters. The summed E-state index contributed by atoms with van der Waals surface area (Å²) in [6.45, 7) is 4.35. The van der Waals surface area contributed by atoms with Crippen molar-refractivity contribution in [2.45, 2.75) is 77.2 Å². The van der Waals surface area contributed by atoms with Gasteiger partial charge in [0.05, 0.1) is 6.07 Å². The molecule has 1 N–H and O–H groups in total. The molecule has 0 saturated heterocycles. The SMILES string of the molecule is CC1(C)CCCC1C(=O)NC1(C#N)CCCCCC1. The zero-order valence-corrected chi connectivity index (χ0v) is 12.3. The van der Waals surface area contributed by atoms with E-state index in [0.29, 0.717) is 0 Å². The number of nitrogens with one attached hydrogen (secondary N) is 1. The topological polar surface area (TPSA) is 52.9 Å². The molecule has 0 heterocycles. The second-order valence-corrected chi connectivity index (χ2v) is 7.03. The van der Waals surface area contributed by atoms with Crippen molar-refractivity contribution in [2.24, 2.45) is 11.3 Å². The summed E-state index contributed by atoms with van der Waals surface area (Å²) in [5, 5.41) is 12.6. The highest BCUT2D eigenvalue weighted by atomic mass is 16.2. The first kappa shape index (κ1) is 14.4. The average molecular weight is 262 g/mol. The molecule has 0 aromatic heterocycles. The van der Waals surface area contributed by atoms with E-state index >= 15 is 0 Å². The van der Waals surface area contributed by atoms with Crippen LogP contribution in [0.3, 0.4) is 0 Å². The molecule has 2 aliphatic rings. The molecular formula is C16H26N2O. The van der Waals surface area contributed by atoms with Crippen molar-refractivity contribution in [3.63, 3.8) is 0 Å². The summed E-state index contributed by atoms with van der Waals surface area (Å²) >= 11 is 0. The van der Waals surface area contributed by atoms with Crippen LogP contribution in [0.2, 0.25) is 0 Å². The molecule has 2 aliphatic carbocycles. The molecule has 0 spiro atoms. The van der Waals surface area contributed by atoms with E-state index in [0.717, 1.165) is 44.9 Å². The van der Waals surface area contributed by atoms with Gasteiger partial charge in [-0.3, -0.25) is 4.79 Å². The Morgan fingerprint density at radius 3 is 2.21 bits per heavy atom. The highest BCUT2D eigenvalue weighted by Gasteiger charge is 2.42. The first-order valence-corrected chi connectivity index (χ1v) is 7.72. The number of hydrogen-bond acceptors (Lipinski definition) is 2. The van der Waals surface area contributed by atoms with Gasteiger partial charge in [0.15, 0.2) is 0 Å². The van der Waals surface area contributed by atoms with E-state index in [2.05, 4.69) is 25.2 Å². The molecular weight excluding hydrogens is 236 g/mol. The van der Waals surface area contributed by atoms with Crippen LogP contribution in [0.25, 0.3) is 0 Å². The molecule has 3 nitrogen and oxygen atoms in total. The van der Waals surface area contributed by atoms with Crippen LogP contribution in [0.15, 0.2) is 0 Å². The summed E-state index contributed by atoms with van der Waals surface area (Å²) < 4.78 is 0. The van der Waals surface area contributed by atoms with Gasteiger partial charge in [0.2, 0.25) is 5.91 Å². The van der Waals surface area contributed by atoms with E-state index in [1.54, 1.807) is 0 Å². The maximum Gasteiger partial charge on any atom is 0.224 e. The van der Waals surface area contributed by atoms with Gasteiger partial charge in [-0.05, 0) is 31.1 Å². The van der Waals surface area contributed by atoms with Crippen molar-refractivity contribution in [1.82, 2.24) is 5.32 Å². The summed E-state index contributed by atoms with van der Waals surface area (Å²) in [6, 6.07) is 2.41. The number of hydrogen-bond donors (Lipinski definition) is 1. The number of nitriles is 1. The van der Waals surface area contributed by atoms with E-state index in [4.69, 9.17) is 0 Å². The van der Waals surface area contributed by atoms with Crippen LogP contribution in [0.5, 0.6) is 0 Å². The zero-order chi connectivity index (χ0) is 13.9. The van der Waals surface area contributed by atoms with Crippen LogP contribution in [0, 0.1) is 22.7 Å². The molecule has 0 bridgehead atoms. The molecule has 0 radical (unpaired) electrons. The Kier molecular flexibility index (Phi) is 4.18. The van der Waals surface area contributed by atoms with E-state index in [1.807, 2.05) is 0 Å². The third-order valence-electron chi connectivity index (χ3n) is 5.11. The van der Waals surface area contributed by atoms with Gasteiger partial charge >= 0.3 is 0 Å². The molecule has 0 aromatic rings. The second-order valence-electron chi connectivity index (χ2n) is 7.03. The minimum atomic E-state index is -0.591.